The van der Waals surface area contributed by atoms with Crippen molar-refractivity contribution in [2.24, 2.45) is 0 Å². The number of non-ortho nitro benzene ring substituents is 1. The van der Waals surface area contributed by atoms with Gasteiger partial charge in [-0.25, -0.2) is 0 Å². The molecule has 0 aliphatic heterocycles. The lowest BCUT2D eigenvalue weighted by Crippen LogP contribution is -2.14. The van der Waals surface area contributed by atoms with E-state index in [1.54, 1.807) is 12.1 Å². The first kappa shape index (κ1) is 18.3. The normalized spacial score (nSPS) is 10.9. The summed E-state index contributed by atoms with van der Waals surface area (Å²) in [4.78, 5) is 10.1. The second-order valence-electron chi connectivity index (χ2n) is 4.74. The highest BCUT2D eigenvalue weighted by atomic mass is 16.6. The number of nitro benzene ring substituents is 1. The highest BCUT2D eigenvalue weighted by Gasteiger charge is 2.04. The zero-order chi connectivity index (χ0) is 16.2. The van der Waals surface area contributed by atoms with E-state index < -0.39 is 4.92 Å². The van der Waals surface area contributed by atoms with Crippen molar-refractivity contribution in [3.05, 3.63) is 34.4 Å². The maximum Gasteiger partial charge on any atom is 0.269 e. The lowest BCUT2D eigenvalue weighted by Gasteiger charge is -2.09. The van der Waals surface area contributed by atoms with E-state index in [4.69, 9.17) is 18.9 Å². The van der Waals surface area contributed by atoms with Crippen LogP contribution in [0, 0.1) is 10.1 Å². The average Bonchev–Trinajstić information content (AvgIpc) is 2.49. The molecule has 7 nitrogen and oxygen atoms in total. The van der Waals surface area contributed by atoms with Gasteiger partial charge in [0.05, 0.1) is 44.1 Å². The minimum absolute atomic E-state index is 0.0437. The summed E-state index contributed by atoms with van der Waals surface area (Å²) in [5.41, 5.74) is 0.0437. The quantitative estimate of drug-likeness (QED) is 0.335. The molecule has 124 valence electrons. The zero-order valence-corrected chi connectivity index (χ0v) is 13.0. The molecule has 0 saturated heterocycles. The van der Waals surface area contributed by atoms with Gasteiger partial charge in [0.2, 0.25) is 0 Å². The molecule has 22 heavy (non-hydrogen) atoms. The van der Waals surface area contributed by atoms with E-state index in [0.29, 0.717) is 45.4 Å². The van der Waals surface area contributed by atoms with Crippen LogP contribution in [0.1, 0.15) is 13.8 Å². The molecule has 0 fully saturated rings. The Morgan fingerprint density at radius 2 is 1.50 bits per heavy atom. The summed E-state index contributed by atoms with van der Waals surface area (Å²) in [5.74, 6) is 0.580. The first-order chi connectivity index (χ1) is 10.6. The summed E-state index contributed by atoms with van der Waals surface area (Å²) in [6, 6.07) is 5.94. The van der Waals surface area contributed by atoms with Gasteiger partial charge in [0.15, 0.2) is 0 Å². The predicted molar refractivity (Wildman–Crippen MR) is 81.3 cm³/mol. The van der Waals surface area contributed by atoms with Crippen molar-refractivity contribution in [1.29, 1.82) is 0 Å². The zero-order valence-electron chi connectivity index (χ0n) is 13.0. The van der Waals surface area contributed by atoms with Crippen molar-refractivity contribution in [3.8, 4) is 5.75 Å². The van der Waals surface area contributed by atoms with Gasteiger partial charge in [-0.05, 0) is 26.0 Å². The number of nitrogens with zero attached hydrogens (tertiary/aromatic N) is 1. The lowest BCUT2D eigenvalue weighted by atomic mass is 10.3. The Morgan fingerprint density at radius 1 is 0.955 bits per heavy atom. The Balaban J connectivity index is 1.96. The number of nitro groups is 1. The molecular formula is C15H23NO6. The smallest absolute Gasteiger partial charge is 0.269 e. The van der Waals surface area contributed by atoms with Crippen LogP contribution < -0.4 is 4.74 Å². The maximum atomic E-state index is 10.5. The molecule has 0 N–H and O–H groups in total. The number of ether oxygens (including phenoxy) is 4. The lowest BCUT2D eigenvalue weighted by molar-refractivity contribution is -0.384. The highest BCUT2D eigenvalue weighted by molar-refractivity contribution is 5.35. The summed E-state index contributed by atoms with van der Waals surface area (Å²) in [5, 5.41) is 10.5. The average molecular weight is 313 g/mol. The Hall–Kier alpha value is -1.70. The summed E-state index contributed by atoms with van der Waals surface area (Å²) >= 11 is 0. The van der Waals surface area contributed by atoms with Crippen molar-refractivity contribution in [2.75, 3.05) is 39.6 Å². The fourth-order valence-corrected chi connectivity index (χ4v) is 1.55. The van der Waals surface area contributed by atoms with E-state index in [1.165, 1.54) is 12.1 Å². The van der Waals surface area contributed by atoms with E-state index in [9.17, 15) is 10.1 Å². The number of hydrogen-bond acceptors (Lipinski definition) is 6. The van der Waals surface area contributed by atoms with Gasteiger partial charge in [0, 0.05) is 12.1 Å². The fourth-order valence-electron chi connectivity index (χ4n) is 1.55. The Kier molecular flexibility index (Phi) is 9.13. The molecule has 0 bridgehead atoms. The van der Waals surface area contributed by atoms with Crippen LogP contribution in [0.25, 0.3) is 0 Å². The molecular weight excluding hydrogens is 290 g/mol. The van der Waals surface area contributed by atoms with Crippen molar-refractivity contribution in [3.63, 3.8) is 0 Å². The molecule has 0 spiro atoms. The molecule has 0 radical (unpaired) electrons. The molecule has 0 atom stereocenters. The van der Waals surface area contributed by atoms with E-state index in [2.05, 4.69) is 0 Å². The van der Waals surface area contributed by atoms with Crippen LogP contribution in [0.5, 0.6) is 5.75 Å². The Labute approximate surface area is 130 Å². The summed E-state index contributed by atoms with van der Waals surface area (Å²) in [7, 11) is 0. The SMILES string of the molecule is CC(C)OCCOCCOCCOc1ccc([N+](=O)[O-])cc1. The first-order valence-electron chi connectivity index (χ1n) is 7.24. The first-order valence-corrected chi connectivity index (χ1v) is 7.24. The minimum Gasteiger partial charge on any atom is -0.491 e. The van der Waals surface area contributed by atoms with Crippen LogP contribution in [-0.4, -0.2) is 50.7 Å². The van der Waals surface area contributed by atoms with Crippen molar-refractivity contribution in [1.82, 2.24) is 0 Å². The summed E-state index contributed by atoms with van der Waals surface area (Å²) in [6.45, 7) is 6.92. The molecule has 1 aromatic rings. The third-order valence-electron chi connectivity index (χ3n) is 2.59. The maximum absolute atomic E-state index is 10.5. The van der Waals surface area contributed by atoms with Crippen molar-refractivity contribution < 1.29 is 23.9 Å². The molecule has 7 heteroatoms. The Bertz CT molecular complexity index is 421. The second kappa shape index (κ2) is 10.9. The molecule has 0 unspecified atom stereocenters. The van der Waals surface area contributed by atoms with E-state index in [-0.39, 0.29) is 11.8 Å². The van der Waals surface area contributed by atoms with Crippen LogP contribution in [-0.2, 0) is 14.2 Å². The molecule has 0 saturated carbocycles. The molecule has 0 aliphatic carbocycles. The van der Waals surface area contributed by atoms with Gasteiger partial charge in [-0.2, -0.15) is 0 Å². The highest BCUT2D eigenvalue weighted by Crippen LogP contribution is 2.16. The van der Waals surface area contributed by atoms with Gasteiger partial charge < -0.3 is 18.9 Å². The molecule has 0 aliphatic rings. The van der Waals surface area contributed by atoms with E-state index in [0.717, 1.165) is 0 Å². The van der Waals surface area contributed by atoms with Gasteiger partial charge in [-0.15, -0.1) is 0 Å². The molecule has 0 heterocycles. The topological polar surface area (TPSA) is 80.1 Å². The molecule has 0 amide bonds. The van der Waals surface area contributed by atoms with Gasteiger partial charge in [-0.1, -0.05) is 0 Å². The van der Waals surface area contributed by atoms with E-state index in [1.807, 2.05) is 13.8 Å². The predicted octanol–water partition coefficient (Wildman–Crippen LogP) is 2.43. The monoisotopic (exact) mass is 313 g/mol. The van der Waals surface area contributed by atoms with Crippen LogP contribution in [0.15, 0.2) is 24.3 Å². The third-order valence-corrected chi connectivity index (χ3v) is 2.59. The number of benzene rings is 1. The van der Waals surface area contributed by atoms with Gasteiger partial charge >= 0.3 is 0 Å². The molecule has 1 rings (SSSR count). The fraction of sp³-hybridized carbons (Fsp3) is 0.600. The molecule has 0 aromatic heterocycles. The van der Waals surface area contributed by atoms with Crippen molar-refractivity contribution in [2.45, 2.75) is 20.0 Å². The molecule has 1 aromatic carbocycles. The summed E-state index contributed by atoms with van der Waals surface area (Å²) < 4.78 is 21.4. The number of rotatable bonds is 12. The standard InChI is InChI=1S/C15H23NO6/c1-13(2)21-11-9-19-7-8-20-10-12-22-15-5-3-14(4-6-15)16(17)18/h3-6,13H,7-12H2,1-2H3. The summed E-state index contributed by atoms with van der Waals surface area (Å²) in [6.07, 6.45) is 0.219. The van der Waals surface area contributed by atoms with Crippen LogP contribution in [0.4, 0.5) is 5.69 Å². The van der Waals surface area contributed by atoms with Crippen molar-refractivity contribution >= 4 is 5.69 Å². The van der Waals surface area contributed by atoms with Gasteiger partial charge in [0.1, 0.15) is 12.4 Å². The van der Waals surface area contributed by atoms with Gasteiger partial charge in [-0.3, -0.25) is 10.1 Å². The van der Waals surface area contributed by atoms with Crippen LogP contribution in [0.3, 0.4) is 0 Å². The third kappa shape index (κ3) is 8.56. The minimum atomic E-state index is -0.445. The largest absolute Gasteiger partial charge is 0.491 e. The van der Waals surface area contributed by atoms with Crippen LogP contribution in [0.2, 0.25) is 0 Å². The number of hydrogen-bond donors (Lipinski definition) is 0. The van der Waals surface area contributed by atoms with Crippen LogP contribution >= 0.6 is 0 Å². The second-order valence-corrected chi connectivity index (χ2v) is 4.74. The Morgan fingerprint density at radius 3 is 2.05 bits per heavy atom. The van der Waals surface area contributed by atoms with E-state index >= 15 is 0 Å². The van der Waals surface area contributed by atoms with Gasteiger partial charge in [0.25, 0.3) is 5.69 Å².